The number of hydrogen-bond acceptors (Lipinski definition) is 4. The number of para-hydroxylation sites is 1. The van der Waals surface area contributed by atoms with Crippen molar-refractivity contribution in [1.29, 1.82) is 0 Å². The van der Waals surface area contributed by atoms with Gasteiger partial charge in [0.25, 0.3) is 0 Å². The molecular formula is C13H16N4O. The van der Waals surface area contributed by atoms with Crippen molar-refractivity contribution in [2.24, 2.45) is 0 Å². The Morgan fingerprint density at radius 2 is 2.22 bits per heavy atom. The molecule has 0 fully saturated rings. The number of rotatable bonds is 2. The van der Waals surface area contributed by atoms with Crippen molar-refractivity contribution in [3.05, 3.63) is 35.7 Å². The minimum atomic E-state index is 0.193. The summed E-state index contributed by atoms with van der Waals surface area (Å²) in [6, 6.07) is 8.29. The summed E-state index contributed by atoms with van der Waals surface area (Å²) in [6.45, 7) is 2.81. The first-order valence-electron chi connectivity index (χ1n) is 6.09. The van der Waals surface area contributed by atoms with Crippen LogP contribution < -0.4 is 10.1 Å². The zero-order chi connectivity index (χ0) is 12.5. The smallest absolute Gasteiger partial charge is 0.221 e. The summed E-state index contributed by atoms with van der Waals surface area (Å²) < 4.78 is 7.39. The van der Waals surface area contributed by atoms with E-state index in [-0.39, 0.29) is 6.04 Å². The highest BCUT2D eigenvalue weighted by Gasteiger charge is 2.25. The van der Waals surface area contributed by atoms with Gasteiger partial charge in [-0.15, -0.1) is 0 Å². The average molecular weight is 244 g/mol. The van der Waals surface area contributed by atoms with E-state index in [4.69, 9.17) is 4.74 Å². The zero-order valence-corrected chi connectivity index (χ0v) is 10.6. The van der Waals surface area contributed by atoms with E-state index < -0.39 is 0 Å². The topological polar surface area (TPSA) is 52.0 Å². The van der Waals surface area contributed by atoms with Crippen LogP contribution in [-0.4, -0.2) is 28.4 Å². The van der Waals surface area contributed by atoms with Crippen molar-refractivity contribution >= 4 is 5.95 Å². The lowest BCUT2D eigenvalue weighted by Crippen LogP contribution is -2.25. The van der Waals surface area contributed by atoms with E-state index in [9.17, 15) is 0 Å². The first-order valence-corrected chi connectivity index (χ1v) is 6.09. The summed E-state index contributed by atoms with van der Waals surface area (Å²) in [4.78, 5) is 4.38. The second-order valence-electron chi connectivity index (χ2n) is 4.40. The fourth-order valence-corrected chi connectivity index (χ4v) is 2.44. The maximum Gasteiger partial charge on any atom is 0.221 e. The minimum absolute atomic E-state index is 0.193. The Bertz CT molecular complexity index is 564. The first kappa shape index (κ1) is 11.1. The van der Waals surface area contributed by atoms with Crippen LogP contribution in [0.2, 0.25) is 0 Å². The van der Waals surface area contributed by atoms with Crippen LogP contribution in [0.5, 0.6) is 5.75 Å². The molecule has 94 valence electrons. The van der Waals surface area contributed by atoms with Gasteiger partial charge in [-0.3, -0.25) is 0 Å². The van der Waals surface area contributed by atoms with Gasteiger partial charge in [0.05, 0.1) is 13.2 Å². The normalized spacial score (nSPS) is 18.0. The van der Waals surface area contributed by atoms with Crippen LogP contribution in [0, 0.1) is 6.92 Å². The van der Waals surface area contributed by atoms with E-state index >= 15 is 0 Å². The van der Waals surface area contributed by atoms with E-state index in [2.05, 4.69) is 21.5 Å². The molecule has 3 rings (SSSR count). The predicted molar refractivity (Wildman–Crippen MR) is 69.0 cm³/mol. The second-order valence-corrected chi connectivity index (χ2v) is 4.40. The Kier molecular flexibility index (Phi) is 2.66. The molecule has 5 nitrogen and oxygen atoms in total. The molecule has 1 atom stereocenters. The summed E-state index contributed by atoms with van der Waals surface area (Å²) in [5.41, 5.74) is 1.16. The van der Waals surface area contributed by atoms with Gasteiger partial charge in [-0.1, -0.05) is 18.2 Å². The molecule has 5 heteroatoms. The Hall–Kier alpha value is -2.04. The maximum absolute atomic E-state index is 5.44. The molecule has 0 saturated heterocycles. The molecule has 0 aliphatic carbocycles. The Balaban J connectivity index is 2.08. The van der Waals surface area contributed by atoms with Crippen molar-refractivity contribution in [3.8, 4) is 5.75 Å². The first-order chi connectivity index (χ1) is 8.79. The van der Waals surface area contributed by atoms with Crippen LogP contribution in [0.25, 0.3) is 0 Å². The van der Waals surface area contributed by atoms with Crippen molar-refractivity contribution in [1.82, 2.24) is 14.8 Å². The summed E-state index contributed by atoms with van der Waals surface area (Å²) in [6.07, 6.45) is 0.982. The molecule has 1 unspecified atom stereocenters. The van der Waals surface area contributed by atoms with E-state index in [1.807, 2.05) is 29.8 Å². The van der Waals surface area contributed by atoms with Crippen molar-refractivity contribution in [2.75, 3.05) is 19.0 Å². The van der Waals surface area contributed by atoms with Gasteiger partial charge in [-0.05, 0) is 19.4 Å². The summed E-state index contributed by atoms with van der Waals surface area (Å²) in [5, 5.41) is 7.74. The number of benzene rings is 1. The van der Waals surface area contributed by atoms with E-state index in [0.717, 1.165) is 36.1 Å². The highest BCUT2D eigenvalue weighted by atomic mass is 16.5. The highest BCUT2D eigenvalue weighted by molar-refractivity contribution is 5.40. The van der Waals surface area contributed by atoms with Gasteiger partial charge in [0.2, 0.25) is 5.95 Å². The van der Waals surface area contributed by atoms with Gasteiger partial charge < -0.3 is 10.1 Å². The standard InChI is InChI=1S/C13H16N4O/c1-9-15-13-14-8-7-11(17(13)16-9)10-5-3-4-6-12(10)18-2/h3-6,11H,7-8H2,1-2H3,(H,14,15,16). The SMILES string of the molecule is COc1ccccc1C1CCNc2nc(C)nn21. The second kappa shape index (κ2) is 4.33. The lowest BCUT2D eigenvalue weighted by Gasteiger charge is -2.25. The Morgan fingerprint density at radius 3 is 3.06 bits per heavy atom. The van der Waals surface area contributed by atoms with Crippen LogP contribution in [0.1, 0.15) is 23.9 Å². The number of aromatic nitrogens is 3. The summed E-state index contributed by atoms with van der Waals surface area (Å²) in [7, 11) is 1.70. The third-order valence-corrected chi connectivity index (χ3v) is 3.23. The van der Waals surface area contributed by atoms with Crippen molar-refractivity contribution < 1.29 is 4.74 Å². The molecule has 1 aliphatic heterocycles. The number of nitrogens with one attached hydrogen (secondary N) is 1. The lowest BCUT2D eigenvalue weighted by molar-refractivity contribution is 0.391. The number of fused-ring (bicyclic) bond motifs is 1. The molecule has 1 aromatic carbocycles. The van der Waals surface area contributed by atoms with Crippen molar-refractivity contribution in [3.63, 3.8) is 0 Å². The number of ether oxygens (including phenoxy) is 1. The quantitative estimate of drug-likeness (QED) is 0.878. The number of anilines is 1. The maximum atomic E-state index is 5.44. The molecule has 1 aromatic heterocycles. The molecule has 2 aromatic rings. The molecule has 0 bridgehead atoms. The molecular weight excluding hydrogens is 228 g/mol. The average Bonchev–Trinajstić information content (AvgIpc) is 2.78. The van der Waals surface area contributed by atoms with Gasteiger partial charge in [0, 0.05) is 12.1 Å². The number of hydrogen-bond donors (Lipinski definition) is 1. The van der Waals surface area contributed by atoms with Crippen LogP contribution >= 0.6 is 0 Å². The highest BCUT2D eigenvalue weighted by Crippen LogP contribution is 2.33. The van der Waals surface area contributed by atoms with E-state index in [1.165, 1.54) is 0 Å². The van der Waals surface area contributed by atoms with Crippen LogP contribution in [0.15, 0.2) is 24.3 Å². The third-order valence-electron chi connectivity index (χ3n) is 3.23. The summed E-state index contributed by atoms with van der Waals surface area (Å²) in [5.74, 6) is 2.54. The molecule has 0 radical (unpaired) electrons. The fraction of sp³-hybridized carbons (Fsp3) is 0.385. The van der Waals surface area contributed by atoms with E-state index in [1.54, 1.807) is 7.11 Å². The summed E-state index contributed by atoms with van der Waals surface area (Å²) >= 11 is 0. The Labute approximate surface area is 106 Å². The molecule has 18 heavy (non-hydrogen) atoms. The monoisotopic (exact) mass is 244 g/mol. The fourth-order valence-electron chi connectivity index (χ4n) is 2.44. The van der Waals surface area contributed by atoms with Gasteiger partial charge in [-0.2, -0.15) is 10.1 Å². The van der Waals surface area contributed by atoms with Crippen LogP contribution in [0.3, 0.4) is 0 Å². The number of nitrogens with zero attached hydrogens (tertiary/aromatic N) is 3. The van der Waals surface area contributed by atoms with Gasteiger partial charge in [-0.25, -0.2) is 4.68 Å². The third kappa shape index (κ3) is 1.72. The molecule has 2 heterocycles. The van der Waals surface area contributed by atoms with Gasteiger partial charge in [0.1, 0.15) is 11.6 Å². The van der Waals surface area contributed by atoms with Gasteiger partial charge in [0.15, 0.2) is 0 Å². The zero-order valence-electron chi connectivity index (χ0n) is 10.6. The largest absolute Gasteiger partial charge is 0.496 e. The molecule has 0 spiro atoms. The number of methoxy groups -OCH3 is 1. The molecule has 1 N–H and O–H groups in total. The van der Waals surface area contributed by atoms with Crippen molar-refractivity contribution in [2.45, 2.75) is 19.4 Å². The van der Waals surface area contributed by atoms with E-state index in [0.29, 0.717) is 0 Å². The molecule has 1 aliphatic rings. The van der Waals surface area contributed by atoms with Crippen LogP contribution in [-0.2, 0) is 0 Å². The van der Waals surface area contributed by atoms with Crippen LogP contribution in [0.4, 0.5) is 5.95 Å². The predicted octanol–water partition coefficient (Wildman–Crippen LogP) is 2.00. The van der Waals surface area contributed by atoms with Gasteiger partial charge >= 0.3 is 0 Å². The Morgan fingerprint density at radius 1 is 1.39 bits per heavy atom. The minimum Gasteiger partial charge on any atom is -0.496 e. The number of aryl methyl sites for hydroxylation is 1. The molecule has 0 amide bonds. The lowest BCUT2D eigenvalue weighted by atomic mass is 10.0. The molecule has 0 saturated carbocycles.